The fourth-order valence-corrected chi connectivity index (χ4v) is 2.78. The highest BCUT2D eigenvalue weighted by Gasteiger charge is 2.14. The zero-order valence-electron chi connectivity index (χ0n) is 13.4. The van der Waals surface area contributed by atoms with Gasteiger partial charge in [-0.15, -0.1) is 0 Å². The van der Waals surface area contributed by atoms with Crippen LogP contribution in [0.25, 0.3) is 10.2 Å². The SMILES string of the molecule is CC[C@@H](C)/C(C)=N\NC(=O)[C@H](C)Nc1nc2ccccc2s1. The molecule has 2 N–H and O–H groups in total. The van der Waals surface area contributed by atoms with Crippen molar-refractivity contribution in [2.24, 2.45) is 11.0 Å². The number of nitrogens with zero attached hydrogens (tertiary/aromatic N) is 2. The molecule has 0 unspecified atom stereocenters. The van der Waals surface area contributed by atoms with E-state index in [0.29, 0.717) is 5.92 Å². The summed E-state index contributed by atoms with van der Waals surface area (Å²) in [6.45, 7) is 7.92. The number of aromatic nitrogens is 1. The van der Waals surface area contributed by atoms with Gasteiger partial charge in [-0.3, -0.25) is 4.79 Å². The molecule has 5 nitrogen and oxygen atoms in total. The van der Waals surface area contributed by atoms with Crippen molar-refractivity contribution >= 4 is 38.3 Å². The van der Waals surface area contributed by atoms with Crippen molar-refractivity contribution in [1.29, 1.82) is 0 Å². The molecule has 0 saturated heterocycles. The minimum Gasteiger partial charge on any atom is -0.350 e. The zero-order valence-corrected chi connectivity index (χ0v) is 14.2. The molecule has 1 aromatic carbocycles. The van der Waals surface area contributed by atoms with Gasteiger partial charge in [-0.05, 0) is 38.3 Å². The molecule has 0 fully saturated rings. The average Bonchev–Trinajstić information content (AvgIpc) is 2.93. The molecular formula is C16H22N4OS. The van der Waals surface area contributed by atoms with Crippen LogP contribution in [0.1, 0.15) is 34.1 Å². The molecule has 1 amide bonds. The summed E-state index contributed by atoms with van der Waals surface area (Å²) in [6, 6.07) is 7.51. The number of carbonyl (C=O) groups is 1. The van der Waals surface area contributed by atoms with Crippen LogP contribution in [0.3, 0.4) is 0 Å². The van der Waals surface area contributed by atoms with E-state index < -0.39 is 6.04 Å². The van der Waals surface area contributed by atoms with E-state index in [1.807, 2.05) is 31.2 Å². The number of carbonyl (C=O) groups excluding carboxylic acids is 1. The molecule has 0 saturated carbocycles. The molecule has 2 aromatic rings. The normalized spacial score (nSPS) is 14.6. The molecule has 2 rings (SSSR count). The summed E-state index contributed by atoms with van der Waals surface area (Å²) in [5, 5.41) is 8.03. The van der Waals surface area contributed by atoms with Crippen molar-refractivity contribution < 1.29 is 4.79 Å². The Morgan fingerprint density at radius 2 is 2.09 bits per heavy atom. The second kappa shape index (κ2) is 7.35. The number of rotatable bonds is 6. The Balaban J connectivity index is 1.96. The standard InChI is InChI=1S/C16H22N4OS/c1-5-10(2)11(3)19-20-15(21)12(4)17-16-18-13-8-6-7-9-14(13)22-16/h6-10,12H,5H2,1-4H3,(H,17,18)(H,20,21)/b19-11-/t10-,12+/m1/s1. The second-order valence-electron chi connectivity index (χ2n) is 5.39. The van der Waals surface area contributed by atoms with Gasteiger partial charge in [-0.25, -0.2) is 10.4 Å². The Morgan fingerprint density at radius 1 is 1.36 bits per heavy atom. The monoisotopic (exact) mass is 318 g/mol. The molecule has 0 spiro atoms. The molecule has 0 radical (unpaired) electrons. The first kappa shape index (κ1) is 16.4. The number of anilines is 1. The molecular weight excluding hydrogens is 296 g/mol. The van der Waals surface area contributed by atoms with Crippen molar-refractivity contribution in [3.05, 3.63) is 24.3 Å². The van der Waals surface area contributed by atoms with Gasteiger partial charge in [0, 0.05) is 5.71 Å². The third kappa shape index (κ3) is 4.04. The van der Waals surface area contributed by atoms with E-state index >= 15 is 0 Å². The van der Waals surface area contributed by atoms with Crippen LogP contribution >= 0.6 is 11.3 Å². The van der Waals surface area contributed by atoms with Gasteiger partial charge in [-0.2, -0.15) is 5.10 Å². The molecule has 1 heterocycles. The van der Waals surface area contributed by atoms with Gasteiger partial charge in [0.25, 0.3) is 5.91 Å². The van der Waals surface area contributed by atoms with E-state index in [1.54, 1.807) is 6.92 Å². The average molecular weight is 318 g/mol. The largest absolute Gasteiger partial charge is 0.350 e. The van der Waals surface area contributed by atoms with Gasteiger partial charge in [0.05, 0.1) is 10.2 Å². The van der Waals surface area contributed by atoms with Crippen molar-refractivity contribution in [1.82, 2.24) is 10.4 Å². The Bertz CT molecular complexity index is 647. The third-order valence-electron chi connectivity index (χ3n) is 3.70. The predicted octanol–water partition coefficient (Wildman–Crippen LogP) is 3.63. The summed E-state index contributed by atoms with van der Waals surface area (Å²) in [5.74, 6) is 0.203. The van der Waals surface area contributed by atoms with Crippen LogP contribution in [0.15, 0.2) is 29.4 Å². The Kier molecular flexibility index (Phi) is 5.49. The molecule has 6 heteroatoms. The van der Waals surface area contributed by atoms with Gasteiger partial charge in [0.2, 0.25) is 0 Å². The molecule has 22 heavy (non-hydrogen) atoms. The molecule has 0 aliphatic rings. The highest BCUT2D eigenvalue weighted by atomic mass is 32.1. The van der Waals surface area contributed by atoms with Gasteiger partial charge < -0.3 is 5.32 Å². The van der Waals surface area contributed by atoms with E-state index in [-0.39, 0.29) is 5.91 Å². The van der Waals surface area contributed by atoms with Crippen LogP contribution in [0.4, 0.5) is 5.13 Å². The fourth-order valence-electron chi connectivity index (χ4n) is 1.83. The predicted molar refractivity (Wildman–Crippen MR) is 93.4 cm³/mol. The number of hydrogen-bond donors (Lipinski definition) is 2. The van der Waals surface area contributed by atoms with Gasteiger partial charge in [-0.1, -0.05) is 37.3 Å². The lowest BCUT2D eigenvalue weighted by atomic mass is 10.1. The smallest absolute Gasteiger partial charge is 0.262 e. The number of benzene rings is 1. The van der Waals surface area contributed by atoms with Crippen LogP contribution in [0, 0.1) is 5.92 Å². The maximum Gasteiger partial charge on any atom is 0.262 e. The molecule has 118 valence electrons. The number of nitrogens with one attached hydrogen (secondary N) is 2. The van der Waals surface area contributed by atoms with E-state index in [1.165, 1.54) is 11.3 Å². The van der Waals surface area contributed by atoms with Crippen molar-refractivity contribution in [3.63, 3.8) is 0 Å². The summed E-state index contributed by atoms with van der Waals surface area (Å²) in [4.78, 5) is 16.5. The fraction of sp³-hybridized carbons (Fsp3) is 0.438. The van der Waals surface area contributed by atoms with E-state index in [0.717, 1.165) is 27.5 Å². The Morgan fingerprint density at radius 3 is 2.77 bits per heavy atom. The molecule has 0 aliphatic heterocycles. The summed E-state index contributed by atoms with van der Waals surface area (Å²) < 4.78 is 1.10. The number of hydrazone groups is 1. The van der Waals surface area contributed by atoms with Crippen LogP contribution in [0.2, 0.25) is 0 Å². The maximum atomic E-state index is 12.1. The van der Waals surface area contributed by atoms with Crippen molar-refractivity contribution in [2.75, 3.05) is 5.32 Å². The molecule has 1 aromatic heterocycles. The maximum absolute atomic E-state index is 12.1. The molecule has 2 atom stereocenters. The minimum absolute atomic E-state index is 0.165. The van der Waals surface area contributed by atoms with E-state index in [9.17, 15) is 4.79 Å². The second-order valence-corrected chi connectivity index (χ2v) is 6.42. The van der Waals surface area contributed by atoms with E-state index in [4.69, 9.17) is 0 Å². The third-order valence-corrected chi connectivity index (χ3v) is 4.66. The first-order valence-electron chi connectivity index (χ1n) is 7.47. The highest BCUT2D eigenvalue weighted by molar-refractivity contribution is 7.22. The number of hydrogen-bond acceptors (Lipinski definition) is 5. The van der Waals surface area contributed by atoms with E-state index in [2.05, 4.69) is 34.7 Å². The number of fused-ring (bicyclic) bond motifs is 1. The first-order valence-corrected chi connectivity index (χ1v) is 8.29. The van der Waals surface area contributed by atoms with Crippen LogP contribution in [0.5, 0.6) is 0 Å². The quantitative estimate of drug-likeness (QED) is 0.631. The summed E-state index contributed by atoms with van der Waals surface area (Å²) >= 11 is 1.54. The molecule has 0 bridgehead atoms. The topological polar surface area (TPSA) is 66.4 Å². The molecule has 0 aliphatic carbocycles. The lowest BCUT2D eigenvalue weighted by molar-refractivity contribution is -0.121. The van der Waals surface area contributed by atoms with Gasteiger partial charge >= 0.3 is 0 Å². The van der Waals surface area contributed by atoms with Gasteiger partial charge in [0.1, 0.15) is 6.04 Å². The zero-order chi connectivity index (χ0) is 16.1. The van der Waals surface area contributed by atoms with Gasteiger partial charge in [0.15, 0.2) is 5.13 Å². The first-order chi connectivity index (χ1) is 10.5. The summed E-state index contributed by atoms with van der Waals surface area (Å²) in [5.41, 5.74) is 4.49. The summed E-state index contributed by atoms with van der Waals surface area (Å²) in [7, 11) is 0. The van der Waals surface area contributed by atoms with Crippen molar-refractivity contribution in [3.8, 4) is 0 Å². The lowest BCUT2D eigenvalue weighted by Crippen LogP contribution is -2.35. The Labute approximate surface area is 134 Å². The van der Waals surface area contributed by atoms with Crippen LogP contribution < -0.4 is 10.7 Å². The Hall–Kier alpha value is -1.95. The number of amides is 1. The number of thiazole rings is 1. The highest BCUT2D eigenvalue weighted by Crippen LogP contribution is 2.25. The lowest BCUT2D eigenvalue weighted by Gasteiger charge is -2.12. The van der Waals surface area contributed by atoms with Crippen molar-refractivity contribution in [2.45, 2.75) is 40.2 Å². The minimum atomic E-state index is -0.394. The summed E-state index contributed by atoms with van der Waals surface area (Å²) in [6.07, 6.45) is 1.00. The number of para-hydroxylation sites is 1. The van der Waals surface area contributed by atoms with Crippen LogP contribution in [-0.2, 0) is 4.79 Å². The van der Waals surface area contributed by atoms with Crippen LogP contribution in [-0.4, -0.2) is 22.6 Å².